The quantitative estimate of drug-likeness (QED) is 0.550. The van der Waals surface area contributed by atoms with Crippen LogP contribution in [0, 0.1) is 19.8 Å². The molecule has 2 saturated heterocycles. The van der Waals surface area contributed by atoms with Crippen LogP contribution in [0.2, 0.25) is 5.02 Å². The monoisotopic (exact) mass is 488 g/mol. The standard InChI is InChI=1S/C25H33ClN4O4/c1-16-10-20(11-17(2)23(16)24(32)29-21-14-33-15-22(21)31)34-9-3-4-18-5-7-30(8-6-18)25-27-12-19(26)13-28-25/h10-13,18,21-22,31H,3-9,14-15H2,1-2H3,(H,29,32). The lowest BCUT2D eigenvalue weighted by Crippen LogP contribution is -2.42. The molecule has 2 aromatic rings. The molecule has 2 N–H and O–H groups in total. The third kappa shape index (κ3) is 6.17. The molecule has 1 amide bonds. The first-order chi connectivity index (χ1) is 16.4. The third-order valence-corrected chi connectivity index (χ3v) is 6.82. The molecule has 0 saturated carbocycles. The second kappa shape index (κ2) is 11.3. The van der Waals surface area contributed by atoms with Crippen LogP contribution in [0.1, 0.15) is 47.2 Å². The van der Waals surface area contributed by atoms with Gasteiger partial charge in [0.25, 0.3) is 5.91 Å². The maximum absolute atomic E-state index is 12.7. The van der Waals surface area contributed by atoms with E-state index in [2.05, 4.69) is 20.2 Å². The van der Waals surface area contributed by atoms with E-state index in [1.165, 1.54) is 0 Å². The summed E-state index contributed by atoms with van der Waals surface area (Å²) in [5, 5.41) is 13.3. The van der Waals surface area contributed by atoms with Crippen molar-refractivity contribution in [2.45, 2.75) is 51.7 Å². The summed E-state index contributed by atoms with van der Waals surface area (Å²) in [5.74, 6) is 2.02. The molecule has 3 heterocycles. The zero-order valence-corrected chi connectivity index (χ0v) is 20.6. The van der Waals surface area contributed by atoms with Crippen LogP contribution >= 0.6 is 11.6 Å². The van der Waals surface area contributed by atoms with E-state index in [0.29, 0.717) is 29.7 Å². The molecule has 2 atom stereocenters. The molecule has 4 rings (SSSR count). The number of nitrogens with zero attached hydrogens (tertiary/aromatic N) is 3. The fourth-order valence-corrected chi connectivity index (χ4v) is 4.84. The highest BCUT2D eigenvalue weighted by molar-refractivity contribution is 6.30. The molecule has 184 valence electrons. The van der Waals surface area contributed by atoms with Crippen molar-refractivity contribution in [3.05, 3.63) is 46.2 Å². The van der Waals surface area contributed by atoms with Crippen LogP contribution in [0.15, 0.2) is 24.5 Å². The summed E-state index contributed by atoms with van der Waals surface area (Å²) in [4.78, 5) is 23.6. The Bertz CT molecular complexity index is 956. The van der Waals surface area contributed by atoms with Gasteiger partial charge in [-0.3, -0.25) is 4.79 Å². The summed E-state index contributed by atoms with van der Waals surface area (Å²) < 4.78 is 11.2. The lowest BCUT2D eigenvalue weighted by molar-refractivity contribution is 0.0885. The Morgan fingerprint density at radius 1 is 1.21 bits per heavy atom. The van der Waals surface area contributed by atoms with Crippen LogP contribution in [0.5, 0.6) is 5.75 Å². The van der Waals surface area contributed by atoms with Gasteiger partial charge in [-0.25, -0.2) is 9.97 Å². The molecular weight excluding hydrogens is 456 g/mol. The SMILES string of the molecule is Cc1cc(OCCCC2CCN(c3ncc(Cl)cn3)CC2)cc(C)c1C(=O)NC1COCC1O. The number of ether oxygens (including phenoxy) is 2. The fourth-order valence-electron chi connectivity index (χ4n) is 4.74. The number of benzene rings is 1. The number of rotatable bonds is 8. The van der Waals surface area contributed by atoms with Gasteiger partial charge in [0.2, 0.25) is 5.95 Å². The lowest BCUT2D eigenvalue weighted by atomic mass is 9.92. The van der Waals surface area contributed by atoms with Crippen LogP contribution in [0.4, 0.5) is 5.95 Å². The Balaban J connectivity index is 1.21. The third-order valence-electron chi connectivity index (χ3n) is 6.63. The number of amides is 1. The number of aromatic nitrogens is 2. The van der Waals surface area contributed by atoms with Gasteiger partial charge in [0, 0.05) is 18.7 Å². The number of carbonyl (C=O) groups is 1. The van der Waals surface area contributed by atoms with Crippen molar-refractivity contribution >= 4 is 23.5 Å². The molecule has 0 bridgehead atoms. The van der Waals surface area contributed by atoms with Crippen LogP contribution in [-0.4, -0.2) is 66.0 Å². The second-order valence-corrected chi connectivity index (χ2v) is 9.68. The van der Waals surface area contributed by atoms with Crippen molar-refractivity contribution in [3.63, 3.8) is 0 Å². The minimum absolute atomic E-state index is 0.188. The number of anilines is 1. The van der Waals surface area contributed by atoms with Crippen molar-refractivity contribution < 1.29 is 19.4 Å². The minimum atomic E-state index is -0.662. The van der Waals surface area contributed by atoms with E-state index in [1.54, 1.807) is 12.4 Å². The van der Waals surface area contributed by atoms with Crippen LogP contribution in [0.25, 0.3) is 0 Å². The first kappa shape index (κ1) is 24.7. The number of carbonyl (C=O) groups excluding carboxylic acids is 1. The maximum Gasteiger partial charge on any atom is 0.252 e. The number of aliphatic hydroxyl groups excluding tert-OH is 1. The van der Waals surface area contributed by atoms with Gasteiger partial charge < -0.3 is 24.8 Å². The highest BCUT2D eigenvalue weighted by Gasteiger charge is 2.28. The maximum atomic E-state index is 12.7. The highest BCUT2D eigenvalue weighted by Crippen LogP contribution is 2.26. The Morgan fingerprint density at radius 2 is 1.88 bits per heavy atom. The van der Waals surface area contributed by atoms with Crippen molar-refractivity contribution in [1.82, 2.24) is 15.3 Å². The summed E-state index contributed by atoms with van der Waals surface area (Å²) in [7, 11) is 0. The number of hydrogen-bond acceptors (Lipinski definition) is 7. The van der Waals surface area contributed by atoms with Gasteiger partial charge in [0.1, 0.15) is 5.75 Å². The minimum Gasteiger partial charge on any atom is -0.494 e. The van der Waals surface area contributed by atoms with E-state index in [1.807, 2.05) is 26.0 Å². The van der Waals surface area contributed by atoms with Gasteiger partial charge in [-0.2, -0.15) is 0 Å². The predicted molar refractivity (Wildman–Crippen MR) is 131 cm³/mol. The average Bonchev–Trinajstić information content (AvgIpc) is 3.21. The highest BCUT2D eigenvalue weighted by atomic mass is 35.5. The number of hydrogen-bond donors (Lipinski definition) is 2. The Kier molecular flexibility index (Phi) is 8.24. The van der Waals surface area contributed by atoms with Gasteiger partial charge in [-0.1, -0.05) is 11.6 Å². The summed E-state index contributed by atoms with van der Waals surface area (Å²) in [6.45, 7) is 6.98. The largest absolute Gasteiger partial charge is 0.494 e. The molecule has 0 spiro atoms. The van der Waals surface area contributed by atoms with Crippen LogP contribution < -0.4 is 15.0 Å². The van der Waals surface area contributed by atoms with Crippen molar-refractivity contribution in [1.29, 1.82) is 0 Å². The molecule has 0 radical (unpaired) electrons. The Labute approximate surface area is 205 Å². The van der Waals surface area contributed by atoms with E-state index in [9.17, 15) is 9.90 Å². The second-order valence-electron chi connectivity index (χ2n) is 9.24. The summed E-state index contributed by atoms with van der Waals surface area (Å²) in [6.07, 6.45) is 6.98. The molecule has 8 nitrogen and oxygen atoms in total. The van der Waals surface area contributed by atoms with Crippen LogP contribution in [-0.2, 0) is 4.74 Å². The summed E-state index contributed by atoms with van der Waals surface area (Å²) in [6, 6.07) is 3.45. The molecule has 9 heteroatoms. The molecule has 1 aromatic heterocycles. The van der Waals surface area contributed by atoms with E-state index in [4.69, 9.17) is 21.1 Å². The van der Waals surface area contributed by atoms with Crippen molar-refractivity contribution in [3.8, 4) is 5.75 Å². The zero-order valence-electron chi connectivity index (χ0n) is 19.8. The number of aryl methyl sites for hydroxylation is 2. The summed E-state index contributed by atoms with van der Waals surface area (Å²) >= 11 is 5.88. The average molecular weight is 489 g/mol. The van der Waals surface area contributed by atoms with Gasteiger partial charge in [0.05, 0.1) is 49.4 Å². The zero-order chi connectivity index (χ0) is 24.1. The first-order valence-corrected chi connectivity index (χ1v) is 12.3. The van der Waals surface area contributed by atoms with Crippen molar-refractivity contribution in [2.75, 3.05) is 37.8 Å². The van der Waals surface area contributed by atoms with Gasteiger partial charge >= 0.3 is 0 Å². The molecular formula is C25H33ClN4O4. The Hall–Kier alpha value is -2.42. The summed E-state index contributed by atoms with van der Waals surface area (Å²) in [5.41, 5.74) is 2.35. The van der Waals surface area contributed by atoms with Crippen molar-refractivity contribution in [2.24, 2.45) is 5.92 Å². The van der Waals surface area contributed by atoms with Gasteiger partial charge in [-0.05, 0) is 68.7 Å². The van der Waals surface area contributed by atoms with E-state index >= 15 is 0 Å². The first-order valence-electron chi connectivity index (χ1n) is 11.9. The molecule has 34 heavy (non-hydrogen) atoms. The molecule has 0 aliphatic carbocycles. The van der Waals surface area contributed by atoms with E-state index in [-0.39, 0.29) is 18.6 Å². The number of nitrogens with one attached hydrogen (secondary N) is 1. The van der Waals surface area contributed by atoms with Gasteiger partial charge in [0.15, 0.2) is 0 Å². The lowest BCUT2D eigenvalue weighted by Gasteiger charge is -2.32. The normalized spacial score (nSPS) is 21.0. The topological polar surface area (TPSA) is 96.8 Å². The van der Waals surface area contributed by atoms with E-state index in [0.717, 1.165) is 61.6 Å². The smallest absolute Gasteiger partial charge is 0.252 e. The fraction of sp³-hybridized carbons (Fsp3) is 0.560. The van der Waals surface area contributed by atoms with Crippen LogP contribution in [0.3, 0.4) is 0 Å². The molecule has 2 unspecified atom stereocenters. The van der Waals surface area contributed by atoms with Gasteiger partial charge in [-0.15, -0.1) is 0 Å². The molecule has 2 fully saturated rings. The number of aliphatic hydroxyl groups is 1. The molecule has 1 aromatic carbocycles. The molecule has 2 aliphatic heterocycles. The number of halogens is 1. The predicted octanol–water partition coefficient (Wildman–Crippen LogP) is 3.31. The molecule has 2 aliphatic rings. The Morgan fingerprint density at radius 3 is 2.50 bits per heavy atom. The number of piperidine rings is 1. The van der Waals surface area contributed by atoms with E-state index < -0.39 is 6.10 Å².